The Labute approximate surface area is 139 Å². The number of hydrogen-bond acceptors (Lipinski definition) is 2. The molecule has 0 spiro atoms. The predicted molar refractivity (Wildman–Crippen MR) is 86.8 cm³/mol. The van der Waals surface area contributed by atoms with Gasteiger partial charge in [0.15, 0.2) is 0 Å². The van der Waals surface area contributed by atoms with Crippen molar-refractivity contribution in [3.05, 3.63) is 30.1 Å². The molecule has 1 saturated heterocycles. The number of halogens is 3. The molecule has 1 heterocycles. The van der Waals surface area contributed by atoms with Crippen molar-refractivity contribution in [1.82, 2.24) is 4.90 Å². The molecule has 2 fully saturated rings. The summed E-state index contributed by atoms with van der Waals surface area (Å²) in [5.41, 5.74) is 0.272. The Balaban J connectivity index is 1.52. The van der Waals surface area contributed by atoms with E-state index in [4.69, 9.17) is 23.2 Å². The minimum absolute atomic E-state index is 0.0535. The van der Waals surface area contributed by atoms with E-state index in [2.05, 4.69) is 5.32 Å². The van der Waals surface area contributed by atoms with Crippen molar-refractivity contribution in [2.45, 2.75) is 36.6 Å². The number of anilines is 1. The van der Waals surface area contributed by atoms with Gasteiger partial charge in [0.05, 0.1) is 5.41 Å². The fourth-order valence-corrected chi connectivity index (χ4v) is 3.69. The third-order valence-corrected chi connectivity index (χ3v) is 5.83. The van der Waals surface area contributed by atoms with Gasteiger partial charge >= 0.3 is 0 Å². The van der Waals surface area contributed by atoms with Crippen molar-refractivity contribution in [1.29, 1.82) is 0 Å². The minimum Gasteiger partial charge on any atom is -0.382 e. The van der Waals surface area contributed by atoms with Gasteiger partial charge in [-0.15, -0.1) is 23.2 Å². The van der Waals surface area contributed by atoms with Gasteiger partial charge in [0, 0.05) is 24.8 Å². The number of nitrogens with zero attached hydrogens (tertiary/aromatic N) is 1. The van der Waals surface area contributed by atoms with Crippen LogP contribution in [0.5, 0.6) is 0 Å². The van der Waals surface area contributed by atoms with Gasteiger partial charge in [-0.2, -0.15) is 0 Å². The van der Waals surface area contributed by atoms with Gasteiger partial charge in [-0.25, -0.2) is 4.39 Å². The summed E-state index contributed by atoms with van der Waals surface area (Å²) in [7, 11) is 0. The fourth-order valence-electron chi connectivity index (χ4n) is 2.99. The maximum atomic E-state index is 12.9. The van der Waals surface area contributed by atoms with Gasteiger partial charge in [0.1, 0.15) is 10.2 Å². The molecule has 0 bridgehead atoms. The SMILES string of the molecule is C[C@]1(C(=O)N2CCC(Nc3ccc(F)cc3)CC2)CC1(Cl)Cl. The summed E-state index contributed by atoms with van der Waals surface area (Å²) in [6, 6.07) is 6.63. The molecule has 3 nitrogen and oxygen atoms in total. The van der Waals surface area contributed by atoms with Gasteiger partial charge in [0.25, 0.3) is 0 Å². The molecule has 0 radical (unpaired) electrons. The zero-order valence-electron chi connectivity index (χ0n) is 12.4. The zero-order valence-corrected chi connectivity index (χ0v) is 13.9. The first-order valence-electron chi connectivity index (χ1n) is 7.51. The van der Waals surface area contributed by atoms with Gasteiger partial charge < -0.3 is 10.2 Å². The van der Waals surface area contributed by atoms with Crippen LogP contribution in [-0.2, 0) is 4.79 Å². The average Bonchev–Trinajstić information content (AvgIpc) is 3.01. The van der Waals surface area contributed by atoms with E-state index in [1.165, 1.54) is 12.1 Å². The first kappa shape index (κ1) is 15.9. The van der Waals surface area contributed by atoms with E-state index in [-0.39, 0.29) is 11.7 Å². The highest BCUT2D eigenvalue weighted by Gasteiger charge is 2.68. The topological polar surface area (TPSA) is 32.3 Å². The second kappa shape index (κ2) is 5.57. The Morgan fingerprint density at radius 3 is 2.32 bits per heavy atom. The average molecular weight is 345 g/mol. The molecular formula is C16H19Cl2FN2O. The predicted octanol–water partition coefficient (Wildman–Crippen LogP) is 3.81. The summed E-state index contributed by atoms with van der Waals surface area (Å²) in [5, 5.41) is 3.38. The van der Waals surface area contributed by atoms with Crippen LogP contribution in [0.15, 0.2) is 24.3 Å². The molecule has 0 aromatic heterocycles. The van der Waals surface area contributed by atoms with E-state index in [1.54, 1.807) is 12.1 Å². The molecule has 1 amide bonds. The van der Waals surface area contributed by atoms with Crippen molar-refractivity contribution >= 4 is 34.8 Å². The molecule has 1 aromatic carbocycles. The molecule has 1 saturated carbocycles. The summed E-state index contributed by atoms with van der Waals surface area (Å²) >= 11 is 12.2. The first-order chi connectivity index (χ1) is 10.3. The highest BCUT2D eigenvalue weighted by Crippen LogP contribution is 2.64. The quantitative estimate of drug-likeness (QED) is 0.845. The number of rotatable bonds is 3. The summed E-state index contributed by atoms with van der Waals surface area (Å²) in [6.45, 7) is 3.21. The Bertz CT molecular complexity index is 570. The summed E-state index contributed by atoms with van der Waals surface area (Å²) in [4.78, 5) is 14.4. The monoisotopic (exact) mass is 344 g/mol. The van der Waals surface area contributed by atoms with Crippen molar-refractivity contribution in [3.63, 3.8) is 0 Å². The number of carbonyl (C=O) groups is 1. The largest absolute Gasteiger partial charge is 0.382 e. The van der Waals surface area contributed by atoms with Crippen molar-refractivity contribution in [3.8, 4) is 0 Å². The van der Waals surface area contributed by atoms with Gasteiger partial charge in [-0.05, 0) is 50.5 Å². The summed E-state index contributed by atoms with van der Waals surface area (Å²) in [6.07, 6.45) is 2.24. The maximum absolute atomic E-state index is 12.9. The van der Waals surface area contributed by atoms with Crippen molar-refractivity contribution in [2.75, 3.05) is 18.4 Å². The molecule has 1 aliphatic carbocycles. The highest BCUT2D eigenvalue weighted by atomic mass is 35.5. The van der Waals surface area contributed by atoms with Crippen LogP contribution in [0.1, 0.15) is 26.2 Å². The standard InChI is InChI=1S/C16H19Cl2FN2O/c1-15(10-16(15,17)18)14(22)21-8-6-13(7-9-21)20-12-4-2-11(19)3-5-12/h2-5,13,20H,6-10H2,1H3/t15-/m1/s1. The lowest BCUT2D eigenvalue weighted by Gasteiger charge is -2.34. The number of amides is 1. The van der Waals surface area contributed by atoms with E-state index >= 15 is 0 Å². The van der Waals surface area contributed by atoms with Crippen LogP contribution in [0.25, 0.3) is 0 Å². The molecule has 1 atom stereocenters. The molecule has 1 aromatic rings. The number of alkyl halides is 2. The molecule has 1 N–H and O–H groups in total. The minimum atomic E-state index is -0.909. The Kier molecular flexibility index (Phi) is 4.02. The molecule has 22 heavy (non-hydrogen) atoms. The normalized spacial score (nSPS) is 27.5. The van der Waals surface area contributed by atoms with Crippen LogP contribution in [-0.4, -0.2) is 34.3 Å². The number of hydrogen-bond donors (Lipinski definition) is 1. The summed E-state index contributed by atoms with van der Waals surface area (Å²) < 4.78 is 12.0. The van der Waals surface area contributed by atoms with Crippen LogP contribution < -0.4 is 5.32 Å². The van der Waals surface area contributed by atoms with E-state index < -0.39 is 9.75 Å². The Morgan fingerprint density at radius 1 is 1.27 bits per heavy atom. The van der Waals surface area contributed by atoms with E-state index in [1.807, 2.05) is 11.8 Å². The van der Waals surface area contributed by atoms with Crippen LogP contribution in [0, 0.1) is 11.2 Å². The van der Waals surface area contributed by atoms with Crippen LogP contribution >= 0.6 is 23.2 Å². The number of carbonyl (C=O) groups excluding carboxylic acids is 1. The lowest BCUT2D eigenvalue weighted by atomic mass is 10.0. The number of benzene rings is 1. The lowest BCUT2D eigenvalue weighted by molar-refractivity contribution is -0.137. The molecule has 120 valence electrons. The number of likely N-dealkylation sites (tertiary alicyclic amines) is 1. The molecule has 3 rings (SSSR count). The molecule has 6 heteroatoms. The van der Waals surface area contributed by atoms with E-state index in [9.17, 15) is 9.18 Å². The maximum Gasteiger partial charge on any atom is 0.231 e. The lowest BCUT2D eigenvalue weighted by Crippen LogP contribution is -2.45. The smallest absolute Gasteiger partial charge is 0.231 e. The second-order valence-corrected chi connectivity index (χ2v) is 7.91. The van der Waals surface area contributed by atoms with Gasteiger partial charge in [0.2, 0.25) is 5.91 Å². The Morgan fingerprint density at radius 2 is 1.82 bits per heavy atom. The van der Waals surface area contributed by atoms with Crippen LogP contribution in [0.2, 0.25) is 0 Å². The third kappa shape index (κ3) is 2.91. The van der Waals surface area contributed by atoms with E-state index in [0.29, 0.717) is 25.6 Å². The summed E-state index contributed by atoms with van der Waals surface area (Å²) in [5.74, 6) is -0.188. The highest BCUT2D eigenvalue weighted by molar-refractivity contribution is 6.53. The van der Waals surface area contributed by atoms with Gasteiger partial charge in [-0.1, -0.05) is 0 Å². The second-order valence-electron chi connectivity index (χ2n) is 6.43. The Hall–Kier alpha value is -1.00. The third-order valence-electron chi connectivity index (χ3n) is 4.73. The number of piperidine rings is 1. The zero-order chi connectivity index (χ0) is 16.0. The molecule has 1 aliphatic heterocycles. The molecule has 0 unspecified atom stereocenters. The van der Waals surface area contributed by atoms with Crippen LogP contribution in [0.4, 0.5) is 10.1 Å². The van der Waals surface area contributed by atoms with Gasteiger partial charge in [-0.3, -0.25) is 4.79 Å². The van der Waals surface area contributed by atoms with Crippen molar-refractivity contribution in [2.24, 2.45) is 5.41 Å². The van der Waals surface area contributed by atoms with Crippen molar-refractivity contribution < 1.29 is 9.18 Å². The van der Waals surface area contributed by atoms with Crippen LogP contribution in [0.3, 0.4) is 0 Å². The first-order valence-corrected chi connectivity index (χ1v) is 8.27. The number of nitrogens with one attached hydrogen (secondary N) is 1. The van der Waals surface area contributed by atoms with E-state index in [0.717, 1.165) is 18.5 Å². The molecular weight excluding hydrogens is 326 g/mol. The molecule has 2 aliphatic rings. The fraction of sp³-hybridized carbons (Fsp3) is 0.562.